The van der Waals surface area contributed by atoms with Crippen LogP contribution in [0.4, 0.5) is 11.9 Å². The number of nitrogens with one attached hydrogen (secondary N) is 2. The Balaban J connectivity index is 2.42. The van der Waals surface area contributed by atoms with Gasteiger partial charge in [-0.15, -0.1) is 0 Å². The van der Waals surface area contributed by atoms with Crippen LogP contribution in [-0.2, 0) is 0 Å². The summed E-state index contributed by atoms with van der Waals surface area (Å²) in [5, 5.41) is 14.7. The number of aromatic nitrogens is 3. The minimum atomic E-state index is 0.248. The molecule has 0 unspecified atom stereocenters. The molecule has 0 saturated heterocycles. The van der Waals surface area contributed by atoms with Crippen LogP contribution in [0.5, 0.6) is 6.01 Å². The Labute approximate surface area is 124 Å². The van der Waals surface area contributed by atoms with Gasteiger partial charge in [-0.05, 0) is 18.6 Å². The molecule has 1 heterocycles. The quantitative estimate of drug-likeness (QED) is 0.526. The predicted octanol–water partition coefficient (Wildman–Crippen LogP) is 1.23. The molecule has 1 aromatic rings. The standard InChI is InChI=1S/C12H23N5O2S/c1-3-7-19-12-16-10(13-2)15-11(17-12)14-5-9-20-8-4-6-18/h18H,3-9H2,1-2H3,(H2,13,14,15,16,17). The van der Waals surface area contributed by atoms with E-state index in [1.54, 1.807) is 18.8 Å². The molecule has 1 aromatic heterocycles. The maximum Gasteiger partial charge on any atom is 0.323 e. The van der Waals surface area contributed by atoms with Gasteiger partial charge in [-0.3, -0.25) is 0 Å². The molecule has 8 heteroatoms. The van der Waals surface area contributed by atoms with Gasteiger partial charge < -0.3 is 20.5 Å². The zero-order valence-corrected chi connectivity index (χ0v) is 12.9. The number of hydrogen-bond donors (Lipinski definition) is 3. The van der Waals surface area contributed by atoms with Gasteiger partial charge in [0.25, 0.3) is 0 Å². The van der Waals surface area contributed by atoms with Crippen molar-refractivity contribution in [3.05, 3.63) is 0 Å². The minimum Gasteiger partial charge on any atom is -0.463 e. The lowest BCUT2D eigenvalue weighted by Crippen LogP contribution is -2.12. The molecule has 114 valence electrons. The highest BCUT2D eigenvalue weighted by Gasteiger charge is 2.05. The monoisotopic (exact) mass is 301 g/mol. The van der Waals surface area contributed by atoms with Crippen molar-refractivity contribution in [3.63, 3.8) is 0 Å². The first-order valence-corrected chi connectivity index (χ1v) is 7.94. The lowest BCUT2D eigenvalue weighted by molar-refractivity contribution is 0.292. The normalized spacial score (nSPS) is 10.3. The van der Waals surface area contributed by atoms with E-state index in [2.05, 4.69) is 25.6 Å². The number of nitrogens with zero attached hydrogens (tertiary/aromatic N) is 3. The SMILES string of the molecule is CCCOc1nc(NC)nc(NCCSCCCO)n1. The van der Waals surface area contributed by atoms with Gasteiger partial charge in [-0.1, -0.05) is 6.92 Å². The van der Waals surface area contributed by atoms with E-state index in [1.165, 1.54) is 0 Å². The first-order chi connectivity index (χ1) is 9.80. The molecule has 0 amide bonds. The summed E-state index contributed by atoms with van der Waals surface area (Å²) >= 11 is 1.78. The van der Waals surface area contributed by atoms with Crippen LogP contribution >= 0.6 is 11.8 Å². The van der Waals surface area contributed by atoms with Crippen LogP contribution in [0.1, 0.15) is 19.8 Å². The highest BCUT2D eigenvalue weighted by molar-refractivity contribution is 7.99. The summed E-state index contributed by atoms with van der Waals surface area (Å²) in [6.45, 7) is 3.63. The van der Waals surface area contributed by atoms with Gasteiger partial charge >= 0.3 is 6.01 Å². The van der Waals surface area contributed by atoms with Crippen molar-refractivity contribution >= 4 is 23.7 Å². The second kappa shape index (κ2) is 10.5. The molecule has 0 aromatic carbocycles. The van der Waals surface area contributed by atoms with Crippen LogP contribution in [0, 0.1) is 0 Å². The summed E-state index contributed by atoms with van der Waals surface area (Å²) in [4.78, 5) is 12.6. The molecule has 1 rings (SSSR count). The van der Waals surface area contributed by atoms with Gasteiger partial charge in [0.15, 0.2) is 0 Å². The largest absolute Gasteiger partial charge is 0.463 e. The van der Waals surface area contributed by atoms with Gasteiger partial charge in [0.2, 0.25) is 11.9 Å². The molecule has 0 fully saturated rings. The van der Waals surface area contributed by atoms with E-state index < -0.39 is 0 Å². The molecule has 7 nitrogen and oxygen atoms in total. The van der Waals surface area contributed by atoms with Crippen LogP contribution in [0.15, 0.2) is 0 Å². The molecule has 0 aliphatic heterocycles. The third-order valence-corrected chi connectivity index (χ3v) is 3.32. The number of thioether (sulfide) groups is 1. The summed E-state index contributed by atoms with van der Waals surface area (Å²) in [7, 11) is 1.76. The number of ether oxygens (including phenoxy) is 1. The Bertz CT molecular complexity index is 381. The summed E-state index contributed by atoms with van der Waals surface area (Å²) < 4.78 is 5.42. The fraction of sp³-hybridized carbons (Fsp3) is 0.750. The Hall–Kier alpha value is -1.28. The Morgan fingerprint density at radius 1 is 1.20 bits per heavy atom. The number of anilines is 2. The van der Waals surface area contributed by atoms with Crippen molar-refractivity contribution in [3.8, 4) is 6.01 Å². The first kappa shape index (κ1) is 16.8. The molecular weight excluding hydrogens is 278 g/mol. The molecule has 0 aliphatic rings. The Kier molecular flexibility index (Phi) is 8.81. The maximum absolute atomic E-state index is 8.68. The topological polar surface area (TPSA) is 92.2 Å². The van der Waals surface area contributed by atoms with E-state index in [0.717, 1.165) is 30.9 Å². The summed E-state index contributed by atoms with van der Waals surface area (Å²) in [5.41, 5.74) is 0. The van der Waals surface area contributed by atoms with Gasteiger partial charge in [0, 0.05) is 26.0 Å². The highest BCUT2D eigenvalue weighted by Crippen LogP contribution is 2.11. The van der Waals surface area contributed by atoms with E-state index >= 15 is 0 Å². The number of aliphatic hydroxyl groups excluding tert-OH is 1. The lowest BCUT2D eigenvalue weighted by Gasteiger charge is -2.08. The summed E-state index contributed by atoms with van der Waals surface area (Å²) in [6.07, 6.45) is 1.74. The summed E-state index contributed by atoms with van der Waals surface area (Å²) in [5.74, 6) is 2.90. The van der Waals surface area contributed by atoms with E-state index in [9.17, 15) is 0 Å². The number of hydrogen-bond acceptors (Lipinski definition) is 8. The summed E-state index contributed by atoms with van der Waals surface area (Å²) in [6, 6.07) is 0.335. The number of aliphatic hydroxyl groups is 1. The second-order valence-electron chi connectivity index (χ2n) is 3.98. The van der Waals surface area contributed by atoms with Gasteiger partial charge in [0.05, 0.1) is 6.61 Å². The Morgan fingerprint density at radius 3 is 2.70 bits per heavy atom. The van der Waals surface area contributed by atoms with Gasteiger partial charge in [-0.2, -0.15) is 26.7 Å². The van der Waals surface area contributed by atoms with Crippen molar-refractivity contribution in [2.75, 3.05) is 48.9 Å². The third-order valence-electron chi connectivity index (χ3n) is 2.25. The van der Waals surface area contributed by atoms with E-state index in [1.807, 2.05) is 6.92 Å². The fourth-order valence-electron chi connectivity index (χ4n) is 1.31. The van der Waals surface area contributed by atoms with Crippen molar-refractivity contribution in [1.82, 2.24) is 15.0 Å². The maximum atomic E-state index is 8.68. The highest BCUT2D eigenvalue weighted by atomic mass is 32.2. The molecular formula is C12H23N5O2S. The van der Waals surface area contributed by atoms with Crippen molar-refractivity contribution < 1.29 is 9.84 Å². The molecule has 0 spiro atoms. The van der Waals surface area contributed by atoms with Gasteiger partial charge in [-0.25, -0.2) is 0 Å². The second-order valence-corrected chi connectivity index (χ2v) is 5.20. The lowest BCUT2D eigenvalue weighted by atomic mass is 10.5. The molecule has 3 N–H and O–H groups in total. The third kappa shape index (κ3) is 6.76. The molecule has 0 aliphatic carbocycles. The fourth-order valence-corrected chi connectivity index (χ4v) is 2.09. The molecule has 0 saturated carbocycles. The zero-order valence-electron chi connectivity index (χ0n) is 12.1. The molecule has 20 heavy (non-hydrogen) atoms. The Morgan fingerprint density at radius 2 is 2.00 bits per heavy atom. The van der Waals surface area contributed by atoms with Crippen molar-refractivity contribution in [1.29, 1.82) is 0 Å². The van der Waals surface area contributed by atoms with Crippen LogP contribution in [0.2, 0.25) is 0 Å². The average molecular weight is 301 g/mol. The van der Waals surface area contributed by atoms with Crippen molar-refractivity contribution in [2.24, 2.45) is 0 Å². The zero-order chi connectivity index (χ0) is 14.6. The van der Waals surface area contributed by atoms with Crippen LogP contribution in [0.25, 0.3) is 0 Å². The van der Waals surface area contributed by atoms with Crippen LogP contribution < -0.4 is 15.4 Å². The van der Waals surface area contributed by atoms with E-state index in [4.69, 9.17) is 9.84 Å². The molecule has 0 atom stereocenters. The molecule has 0 radical (unpaired) electrons. The number of rotatable bonds is 11. The predicted molar refractivity (Wildman–Crippen MR) is 82.7 cm³/mol. The smallest absolute Gasteiger partial charge is 0.323 e. The average Bonchev–Trinajstić information content (AvgIpc) is 2.48. The van der Waals surface area contributed by atoms with Crippen LogP contribution in [0.3, 0.4) is 0 Å². The van der Waals surface area contributed by atoms with Crippen LogP contribution in [-0.4, -0.2) is 58.4 Å². The van der Waals surface area contributed by atoms with Crippen molar-refractivity contribution in [2.45, 2.75) is 19.8 Å². The minimum absolute atomic E-state index is 0.248. The van der Waals surface area contributed by atoms with E-state index in [0.29, 0.717) is 24.5 Å². The van der Waals surface area contributed by atoms with Gasteiger partial charge in [0.1, 0.15) is 0 Å². The first-order valence-electron chi connectivity index (χ1n) is 6.79. The molecule has 0 bridgehead atoms. The van der Waals surface area contributed by atoms with E-state index in [-0.39, 0.29) is 6.61 Å².